The molecule has 1 aromatic heterocycles. The van der Waals surface area contributed by atoms with Crippen LogP contribution in [0.5, 0.6) is 11.5 Å². The van der Waals surface area contributed by atoms with Crippen molar-refractivity contribution in [2.24, 2.45) is 10.9 Å². The SMILES string of the molecule is CC(=O)[C@H]1[C@@H]2c3ccccc3O[C@]1(C)N=c1s/c(=C/c3ccc(OCc4ccccc4)cc3)c(=O)n12. The number of para-hydroxylation sites is 1. The fourth-order valence-corrected chi connectivity index (χ4v) is 6.21. The molecule has 0 aliphatic carbocycles. The summed E-state index contributed by atoms with van der Waals surface area (Å²) in [7, 11) is 0. The van der Waals surface area contributed by atoms with E-state index in [1.54, 1.807) is 11.5 Å². The molecule has 0 spiro atoms. The number of hydrogen-bond donors (Lipinski definition) is 0. The van der Waals surface area contributed by atoms with E-state index in [2.05, 4.69) is 0 Å². The van der Waals surface area contributed by atoms with Crippen LogP contribution in [0.15, 0.2) is 88.6 Å². The third-order valence-corrected chi connectivity index (χ3v) is 7.73. The lowest BCUT2D eigenvalue weighted by atomic mass is 9.79. The van der Waals surface area contributed by atoms with Gasteiger partial charge in [-0.1, -0.05) is 72.0 Å². The average molecular weight is 497 g/mol. The van der Waals surface area contributed by atoms with Gasteiger partial charge >= 0.3 is 0 Å². The molecule has 0 saturated heterocycles. The van der Waals surface area contributed by atoms with E-state index in [0.717, 1.165) is 22.4 Å². The molecule has 3 atom stereocenters. The minimum atomic E-state index is -1.06. The number of Topliss-reactive ketones (excluding diaryl/α,β-unsaturated/α-hetero) is 1. The smallest absolute Gasteiger partial charge is 0.270 e. The molecule has 0 saturated carbocycles. The lowest BCUT2D eigenvalue weighted by Crippen LogP contribution is -2.58. The van der Waals surface area contributed by atoms with Crippen LogP contribution in [-0.4, -0.2) is 16.1 Å². The highest BCUT2D eigenvalue weighted by atomic mass is 32.1. The van der Waals surface area contributed by atoms with Crippen LogP contribution in [0.4, 0.5) is 0 Å². The number of nitrogens with zero attached hydrogens (tertiary/aromatic N) is 2. The van der Waals surface area contributed by atoms with Crippen molar-refractivity contribution in [1.29, 1.82) is 0 Å². The van der Waals surface area contributed by atoms with E-state index in [1.807, 2.05) is 91.9 Å². The van der Waals surface area contributed by atoms with Crippen LogP contribution >= 0.6 is 11.3 Å². The molecule has 7 heteroatoms. The normalized spacial score (nSPS) is 22.1. The van der Waals surface area contributed by atoms with Gasteiger partial charge < -0.3 is 9.47 Å². The minimum Gasteiger partial charge on any atom is -0.489 e. The summed E-state index contributed by atoms with van der Waals surface area (Å²) in [6, 6.07) is 24.8. The van der Waals surface area contributed by atoms with Crippen LogP contribution in [-0.2, 0) is 11.4 Å². The van der Waals surface area contributed by atoms with E-state index in [1.165, 1.54) is 11.3 Å². The maximum atomic E-state index is 13.6. The quantitative estimate of drug-likeness (QED) is 0.421. The number of carbonyl (C=O) groups is 1. The van der Waals surface area contributed by atoms with Crippen molar-refractivity contribution >= 4 is 23.2 Å². The molecule has 2 aliphatic heterocycles. The zero-order chi connectivity index (χ0) is 24.9. The fraction of sp³-hybridized carbons (Fsp3) is 0.207. The Morgan fingerprint density at radius 3 is 2.56 bits per heavy atom. The van der Waals surface area contributed by atoms with Gasteiger partial charge in [-0.2, -0.15) is 0 Å². The van der Waals surface area contributed by atoms with E-state index in [9.17, 15) is 9.59 Å². The Hall–Kier alpha value is -3.97. The van der Waals surface area contributed by atoms with E-state index >= 15 is 0 Å². The van der Waals surface area contributed by atoms with Gasteiger partial charge in [-0.15, -0.1) is 0 Å². The van der Waals surface area contributed by atoms with Gasteiger partial charge in [0, 0.05) is 5.56 Å². The summed E-state index contributed by atoms with van der Waals surface area (Å²) in [5, 5.41) is 0. The summed E-state index contributed by atoms with van der Waals surface area (Å²) < 4.78 is 14.3. The number of aromatic nitrogens is 1. The molecular weight excluding hydrogens is 472 g/mol. The lowest BCUT2D eigenvalue weighted by Gasteiger charge is -2.45. The van der Waals surface area contributed by atoms with E-state index < -0.39 is 17.7 Å². The van der Waals surface area contributed by atoms with Crippen molar-refractivity contribution in [1.82, 2.24) is 4.57 Å². The molecule has 0 fully saturated rings. The average Bonchev–Trinajstić information content (AvgIpc) is 3.16. The Morgan fingerprint density at radius 1 is 1.08 bits per heavy atom. The molecule has 0 unspecified atom stereocenters. The first-order valence-electron chi connectivity index (χ1n) is 11.8. The third kappa shape index (κ3) is 3.76. The van der Waals surface area contributed by atoms with Crippen molar-refractivity contribution in [3.63, 3.8) is 0 Å². The topological polar surface area (TPSA) is 69.9 Å². The summed E-state index contributed by atoms with van der Waals surface area (Å²) in [6.45, 7) is 3.86. The highest BCUT2D eigenvalue weighted by Crippen LogP contribution is 2.47. The van der Waals surface area contributed by atoms with E-state index in [0.29, 0.717) is 21.7 Å². The minimum absolute atomic E-state index is 0.0545. The molecule has 36 heavy (non-hydrogen) atoms. The molecule has 0 radical (unpaired) electrons. The molecule has 3 aromatic carbocycles. The summed E-state index contributed by atoms with van der Waals surface area (Å²) >= 11 is 1.32. The summed E-state index contributed by atoms with van der Waals surface area (Å²) in [4.78, 5) is 31.7. The zero-order valence-corrected chi connectivity index (χ0v) is 20.7. The van der Waals surface area contributed by atoms with Gasteiger partial charge in [0.05, 0.1) is 10.6 Å². The number of fused-ring (bicyclic) bond motifs is 6. The molecule has 180 valence electrons. The number of carbonyl (C=O) groups excluding carboxylic acids is 1. The van der Waals surface area contributed by atoms with Gasteiger partial charge in [0.15, 0.2) is 4.80 Å². The second-order valence-electron chi connectivity index (χ2n) is 9.25. The third-order valence-electron chi connectivity index (χ3n) is 6.74. The van der Waals surface area contributed by atoms with Gasteiger partial charge in [0.2, 0.25) is 5.72 Å². The van der Waals surface area contributed by atoms with Gasteiger partial charge in [-0.25, -0.2) is 4.99 Å². The maximum Gasteiger partial charge on any atom is 0.270 e. The van der Waals surface area contributed by atoms with E-state index in [4.69, 9.17) is 14.5 Å². The lowest BCUT2D eigenvalue weighted by molar-refractivity contribution is -0.132. The fourth-order valence-electron chi connectivity index (χ4n) is 5.11. The molecule has 2 bridgehead atoms. The monoisotopic (exact) mass is 496 g/mol. The zero-order valence-electron chi connectivity index (χ0n) is 19.9. The number of hydrogen-bond acceptors (Lipinski definition) is 6. The first kappa shape index (κ1) is 22.5. The second kappa shape index (κ2) is 8.60. The standard InChI is InChI=1S/C29H24N2O4S/c1-18(32)25-26-22-10-6-7-11-23(22)35-29(25,2)30-28-31(26)27(33)24(36-28)16-19-12-14-21(15-13-19)34-17-20-8-4-3-5-9-20/h3-16,25-26H,17H2,1-2H3/b24-16+/t25-,26-,29-/m0/s1. The Bertz CT molecular complexity index is 1640. The molecule has 3 heterocycles. The Labute approximate surface area is 211 Å². The van der Waals surface area contributed by atoms with Crippen molar-refractivity contribution in [2.45, 2.75) is 32.2 Å². The maximum absolute atomic E-state index is 13.6. The Kier molecular flexibility index (Phi) is 5.38. The molecule has 0 amide bonds. The highest BCUT2D eigenvalue weighted by Gasteiger charge is 2.53. The van der Waals surface area contributed by atoms with Crippen molar-refractivity contribution in [2.75, 3.05) is 0 Å². The molecule has 0 N–H and O–H groups in total. The van der Waals surface area contributed by atoms with Crippen LogP contribution in [0.25, 0.3) is 6.08 Å². The van der Waals surface area contributed by atoms with Crippen molar-refractivity contribution in [3.05, 3.63) is 115 Å². The summed E-state index contributed by atoms with van der Waals surface area (Å²) in [6.07, 6.45) is 1.86. The van der Waals surface area contributed by atoms with Crippen LogP contribution in [0.3, 0.4) is 0 Å². The number of ether oxygens (including phenoxy) is 2. The predicted molar refractivity (Wildman–Crippen MR) is 138 cm³/mol. The number of rotatable bonds is 5. The van der Waals surface area contributed by atoms with Gasteiger partial charge in [0.1, 0.15) is 29.8 Å². The molecular formula is C29H24N2O4S. The van der Waals surface area contributed by atoms with Gasteiger partial charge in [-0.05, 0) is 49.2 Å². The predicted octanol–water partition coefficient (Wildman–Crippen LogP) is 3.85. The number of ketones is 1. The van der Waals surface area contributed by atoms with Gasteiger partial charge in [0.25, 0.3) is 5.56 Å². The molecule has 2 aliphatic rings. The number of benzene rings is 3. The summed E-state index contributed by atoms with van der Waals surface area (Å²) in [5.74, 6) is 0.779. The van der Waals surface area contributed by atoms with Crippen molar-refractivity contribution in [3.8, 4) is 11.5 Å². The first-order chi connectivity index (χ1) is 17.4. The van der Waals surface area contributed by atoms with E-state index in [-0.39, 0.29) is 11.3 Å². The summed E-state index contributed by atoms with van der Waals surface area (Å²) in [5.41, 5.74) is 1.60. The van der Waals surface area contributed by atoms with Gasteiger partial charge in [-0.3, -0.25) is 14.2 Å². The molecule has 6 nitrogen and oxygen atoms in total. The second-order valence-corrected chi connectivity index (χ2v) is 10.3. The highest BCUT2D eigenvalue weighted by molar-refractivity contribution is 7.07. The molecule has 4 aromatic rings. The van der Waals surface area contributed by atoms with Crippen LogP contribution in [0.1, 0.15) is 36.6 Å². The van der Waals surface area contributed by atoms with Crippen LogP contribution in [0.2, 0.25) is 0 Å². The van der Waals surface area contributed by atoms with Crippen LogP contribution in [0, 0.1) is 5.92 Å². The largest absolute Gasteiger partial charge is 0.489 e. The first-order valence-corrected chi connectivity index (χ1v) is 12.6. The number of thiazole rings is 1. The van der Waals surface area contributed by atoms with Crippen molar-refractivity contribution < 1.29 is 14.3 Å². The van der Waals surface area contributed by atoms with Crippen LogP contribution < -0.4 is 24.4 Å². The Balaban J connectivity index is 1.38. The Morgan fingerprint density at radius 2 is 1.81 bits per heavy atom. The molecule has 6 rings (SSSR count).